The fourth-order valence-corrected chi connectivity index (χ4v) is 4.23. The second-order valence-corrected chi connectivity index (χ2v) is 8.62. The minimum Gasteiger partial charge on any atom is -0.379 e. The van der Waals surface area contributed by atoms with Gasteiger partial charge in [0.25, 0.3) is 11.8 Å². The summed E-state index contributed by atoms with van der Waals surface area (Å²) < 4.78 is 5.49. The topological polar surface area (TPSA) is 86.3 Å². The number of morpholine rings is 1. The molecule has 2 amide bonds. The van der Waals surface area contributed by atoms with Crippen molar-refractivity contribution in [1.29, 1.82) is 0 Å². The molecule has 1 unspecified atom stereocenters. The Morgan fingerprint density at radius 2 is 1.72 bits per heavy atom. The number of guanidine groups is 1. The first-order valence-electron chi connectivity index (χ1n) is 11.8. The van der Waals surface area contributed by atoms with Crippen LogP contribution in [0.2, 0.25) is 0 Å². The lowest BCUT2D eigenvalue weighted by molar-refractivity contribution is 0.00867. The van der Waals surface area contributed by atoms with Crippen molar-refractivity contribution < 1.29 is 14.3 Å². The smallest absolute Gasteiger partial charge is 0.261 e. The Morgan fingerprint density at radius 1 is 1.06 bits per heavy atom. The number of amides is 2. The standard InChI is InChI=1S/C24H37N5O3/c1-4-25-24(27-17-21(18(2)3)28-13-15-32-16-14-28)26-11-7-8-12-29-22(30)19-9-5-6-10-20(19)23(29)31/h5-6,9-10,18,21H,4,7-8,11-17H2,1-3H3,(H2,25,26,27). The van der Waals surface area contributed by atoms with Crippen LogP contribution < -0.4 is 10.6 Å². The highest BCUT2D eigenvalue weighted by molar-refractivity contribution is 6.21. The molecule has 2 N–H and O–H groups in total. The molecular weight excluding hydrogens is 406 g/mol. The van der Waals surface area contributed by atoms with E-state index in [1.165, 1.54) is 4.90 Å². The molecule has 0 aromatic heterocycles. The van der Waals surface area contributed by atoms with E-state index in [-0.39, 0.29) is 11.8 Å². The molecule has 2 heterocycles. The minimum absolute atomic E-state index is 0.184. The first kappa shape index (κ1) is 24.2. The zero-order valence-electron chi connectivity index (χ0n) is 19.6. The van der Waals surface area contributed by atoms with Crippen molar-refractivity contribution in [3.05, 3.63) is 35.4 Å². The molecular formula is C24H37N5O3. The van der Waals surface area contributed by atoms with Gasteiger partial charge in [-0.15, -0.1) is 0 Å². The maximum atomic E-state index is 12.4. The van der Waals surface area contributed by atoms with Crippen molar-refractivity contribution in [2.75, 3.05) is 52.5 Å². The van der Waals surface area contributed by atoms with Crippen molar-refractivity contribution >= 4 is 17.8 Å². The van der Waals surface area contributed by atoms with E-state index < -0.39 is 0 Å². The zero-order valence-corrected chi connectivity index (χ0v) is 19.6. The van der Waals surface area contributed by atoms with Crippen molar-refractivity contribution in [2.45, 2.75) is 39.7 Å². The number of nitrogens with zero attached hydrogens (tertiary/aromatic N) is 3. The second-order valence-electron chi connectivity index (χ2n) is 8.62. The number of aliphatic imine (C=N–C) groups is 1. The average Bonchev–Trinajstić information content (AvgIpc) is 3.04. The number of carbonyl (C=O) groups excluding carboxylic acids is 2. The Labute approximate surface area is 191 Å². The maximum absolute atomic E-state index is 12.4. The van der Waals surface area contributed by atoms with E-state index in [1.54, 1.807) is 24.3 Å². The molecule has 1 saturated heterocycles. The molecule has 1 atom stereocenters. The molecule has 2 aliphatic heterocycles. The van der Waals surface area contributed by atoms with Gasteiger partial charge >= 0.3 is 0 Å². The molecule has 8 heteroatoms. The van der Waals surface area contributed by atoms with E-state index in [4.69, 9.17) is 9.73 Å². The lowest BCUT2D eigenvalue weighted by Crippen LogP contribution is -2.48. The van der Waals surface area contributed by atoms with Gasteiger partial charge in [0.1, 0.15) is 0 Å². The van der Waals surface area contributed by atoms with Crippen LogP contribution in [-0.4, -0.2) is 86.1 Å². The van der Waals surface area contributed by atoms with Gasteiger partial charge in [0.2, 0.25) is 0 Å². The highest BCUT2D eigenvalue weighted by atomic mass is 16.5. The number of rotatable bonds is 10. The summed E-state index contributed by atoms with van der Waals surface area (Å²) in [5.41, 5.74) is 1.02. The largest absolute Gasteiger partial charge is 0.379 e. The van der Waals surface area contributed by atoms with Crippen LogP contribution in [0.25, 0.3) is 0 Å². The predicted molar refractivity (Wildman–Crippen MR) is 126 cm³/mol. The summed E-state index contributed by atoms with van der Waals surface area (Å²) in [6, 6.07) is 7.42. The minimum atomic E-state index is -0.184. The highest BCUT2D eigenvalue weighted by Gasteiger charge is 2.34. The Balaban J connectivity index is 1.44. The summed E-state index contributed by atoms with van der Waals surface area (Å²) >= 11 is 0. The molecule has 0 spiro atoms. The van der Waals surface area contributed by atoms with E-state index in [0.717, 1.165) is 64.7 Å². The summed E-state index contributed by atoms with van der Waals surface area (Å²) in [7, 11) is 0. The fourth-order valence-electron chi connectivity index (χ4n) is 4.23. The summed E-state index contributed by atoms with van der Waals surface area (Å²) in [6.45, 7) is 12.8. The average molecular weight is 444 g/mol. The summed E-state index contributed by atoms with van der Waals surface area (Å²) in [4.78, 5) is 33.6. The number of benzene rings is 1. The van der Waals surface area contributed by atoms with Crippen molar-refractivity contribution in [3.8, 4) is 0 Å². The number of unbranched alkanes of at least 4 members (excludes halogenated alkanes) is 1. The van der Waals surface area contributed by atoms with E-state index >= 15 is 0 Å². The van der Waals surface area contributed by atoms with Gasteiger partial charge in [-0.2, -0.15) is 0 Å². The van der Waals surface area contributed by atoms with Crippen LogP contribution in [-0.2, 0) is 4.74 Å². The van der Waals surface area contributed by atoms with Gasteiger partial charge in [-0.1, -0.05) is 26.0 Å². The first-order chi connectivity index (χ1) is 15.5. The highest BCUT2D eigenvalue weighted by Crippen LogP contribution is 2.22. The van der Waals surface area contributed by atoms with E-state index in [0.29, 0.717) is 29.6 Å². The third kappa shape index (κ3) is 6.07. The molecule has 3 rings (SSSR count). The number of hydrogen-bond donors (Lipinski definition) is 2. The van der Waals surface area contributed by atoms with E-state index in [9.17, 15) is 9.59 Å². The van der Waals surface area contributed by atoms with Gasteiger partial charge < -0.3 is 15.4 Å². The first-order valence-corrected chi connectivity index (χ1v) is 11.8. The number of fused-ring (bicyclic) bond motifs is 1. The molecule has 2 aliphatic rings. The normalized spacial score (nSPS) is 18.2. The Hall–Kier alpha value is -2.45. The Bertz CT molecular complexity index is 770. The predicted octanol–water partition coefficient (Wildman–Crippen LogP) is 1.97. The number of imide groups is 1. The number of carbonyl (C=O) groups is 2. The summed E-state index contributed by atoms with van der Waals surface area (Å²) in [5, 5.41) is 6.71. The quantitative estimate of drug-likeness (QED) is 0.249. The molecule has 176 valence electrons. The van der Waals surface area contributed by atoms with Crippen molar-refractivity contribution in [1.82, 2.24) is 20.4 Å². The van der Waals surface area contributed by atoms with Crippen LogP contribution in [0.4, 0.5) is 0 Å². The van der Waals surface area contributed by atoms with E-state index in [2.05, 4.69) is 36.3 Å². The zero-order chi connectivity index (χ0) is 22.9. The van der Waals surface area contributed by atoms with E-state index in [1.807, 2.05) is 0 Å². The Morgan fingerprint density at radius 3 is 2.31 bits per heavy atom. The third-order valence-electron chi connectivity index (χ3n) is 6.04. The molecule has 32 heavy (non-hydrogen) atoms. The van der Waals surface area contributed by atoms with Gasteiger partial charge in [-0.25, -0.2) is 0 Å². The van der Waals surface area contributed by atoms with Crippen LogP contribution in [0, 0.1) is 5.92 Å². The number of ether oxygens (including phenoxy) is 1. The van der Waals surface area contributed by atoms with Crippen molar-refractivity contribution in [2.24, 2.45) is 10.9 Å². The molecule has 0 aliphatic carbocycles. The lowest BCUT2D eigenvalue weighted by atomic mass is 10.0. The van der Waals surface area contributed by atoms with Gasteiger partial charge in [0.15, 0.2) is 5.96 Å². The SMILES string of the molecule is CCNC(=NCC(C(C)C)N1CCOCC1)NCCCCN1C(=O)c2ccccc2C1=O. The molecule has 1 aromatic carbocycles. The Kier molecular flexibility index (Phi) is 9.05. The lowest BCUT2D eigenvalue weighted by Gasteiger charge is -2.36. The van der Waals surface area contributed by atoms with Crippen LogP contribution in [0.1, 0.15) is 54.3 Å². The summed E-state index contributed by atoms with van der Waals surface area (Å²) in [6.07, 6.45) is 1.59. The van der Waals surface area contributed by atoms with Gasteiger partial charge in [-0.3, -0.25) is 24.4 Å². The molecule has 8 nitrogen and oxygen atoms in total. The molecule has 0 bridgehead atoms. The van der Waals surface area contributed by atoms with Gasteiger partial charge in [0, 0.05) is 38.8 Å². The van der Waals surface area contributed by atoms with Crippen LogP contribution in [0.5, 0.6) is 0 Å². The summed E-state index contributed by atoms with van der Waals surface area (Å²) in [5.74, 6) is 0.958. The van der Waals surface area contributed by atoms with Gasteiger partial charge in [-0.05, 0) is 37.8 Å². The fraction of sp³-hybridized carbons (Fsp3) is 0.625. The molecule has 0 radical (unpaired) electrons. The van der Waals surface area contributed by atoms with Crippen LogP contribution in [0.3, 0.4) is 0 Å². The van der Waals surface area contributed by atoms with Crippen molar-refractivity contribution in [3.63, 3.8) is 0 Å². The number of hydrogen-bond acceptors (Lipinski definition) is 5. The molecule has 0 saturated carbocycles. The van der Waals surface area contributed by atoms with Crippen LogP contribution in [0.15, 0.2) is 29.3 Å². The number of nitrogens with one attached hydrogen (secondary N) is 2. The van der Waals surface area contributed by atoms with Crippen LogP contribution >= 0.6 is 0 Å². The second kappa shape index (κ2) is 12.0. The third-order valence-corrected chi connectivity index (χ3v) is 6.04. The maximum Gasteiger partial charge on any atom is 0.261 e. The molecule has 1 fully saturated rings. The molecule has 1 aromatic rings. The monoisotopic (exact) mass is 443 g/mol. The van der Waals surface area contributed by atoms with Gasteiger partial charge in [0.05, 0.1) is 30.9 Å².